The van der Waals surface area contributed by atoms with Gasteiger partial charge in [-0.05, 0) is 31.5 Å². The van der Waals surface area contributed by atoms with E-state index in [-0.39, 0.29) is 11.8 Å². The van der Waals surface area contributed by atoms with Gasteiger partial charge in [0, 0.05) is 50.9 Å². The van der Waals surface area contributed by atoms with E-state index in [1.807, 2.05) is 31.2 Å². The highest BCUT2D eigenvalue weighted by molar-refractivity contribution is 9.10. The Morgan fingerprint density at radius 1 is 1.23 bits per heavy atom. The maximum absolute atomic E-state index is 13.0. The third-order valence-corrected chi connectivity index (χ3v) is 5.52. The minimum Gasteiger partial charge on any atom is -0.385 e. The summed E-state index contributed by atoms with van der Waals surface area (Å²) in [6, 6.07) is 7.69. The van der Waals surface area contributed by atoms with Crippen LogP contribution in [0, 0.1) is 6.92 Å². The summed E-state index contributed by atoms with van der Waals surface area (Å²) < 4.78 is 7.57. The summed E-state index contributed by atoms with van der Waals surface area (Å²) in [5.74, 6) is -0.129. The number of halogens is 1. The number of carbonyl (C=O) groups excluding carboxylic acids is 2. The van der Waals surface area contributed by atoms with Crippen LogP contribution in [0.25, 0.3) is 5.69 Å². The first-order chi connectivity index (χ1) is 14.5. The Kier molecular flexibility index (Phi) is 7.94. The van der Waals surface area contributed by atoms with Crippen LogP contribution in [0.3, 0.4) is 0 Å². The largest absolute Gasteiger partial charge is 0.385 e. The number of amides is 2. The Labute approximate surface area is 184 Å². The van der Waals surface area contributed by atoms with Gasteiger partial charge in [-0.3, -0.25) is 14.5 Å². The lowest BCUT2D eigenvalue weighted by molar-refractivity contribution is -0.122. The number of hydrogen-bond donors (Lipinski definition) is 1. The molecule has 9 nitrogen and oxygen atoms in total. The Bertz CT molecular complexity index is 879. The van der Waals surface area contributed by atoms with E-state index >= 15 is 0 Å². The fourth-order valence-electron chi connectivity index (χ4n) is 3.34. The number of carbonyl (C=O) groups is 2. The number of nitrogens with zero attached hydrogens (tertiary/aromatic N) is 5. The van der Waals surface area contributed by atoms with Crippen LogP contribution in [-0.4, -0.2) is 89.6 Å². The van der Waals surface area contributed by atoms with Crippen molar-refractivity contribution in [1.82, 2.24) is 30.1 Å². The van der Waals surface area contributed by atoms with Gasteiger partial charge in [-0.2, -0.15) is 0 Å². The van der Waals surface area contributed by atoms with Crippen molar-refractivity contribution >= 4 is 27.7 Å². The van der Waals surface area contributed by atoms with Crippen LogP contribution < -0.4 is 5.32 Å². The number of rotatable bonds is 8. The molecule has 1 aliphatic heterocycles. The lowest BCUT2D eigenvalue weighted by Gasteiger charge is -2.34. The average Bonchev–Trinajstić information content (AvgIpc) is 3.12. The molecule has 10 heteroatoms. The fraction of sp³-hybridized carbons (Fsp3) is 0.500. The molecule has 0 atom stereocenters. The molecule has 1 saturated heterocycles. The van der Waals surface area contributed by atoms with Gasteiger partial charge in [0.1, 0.15) is 0 Å². The van der Waals surface area contributed by atoms with Gasteiger partial charge in [-0.15, -0.1) is 5.10 Å². The number of benzene rings is 1. The van der Waals surface area contributed by atoms with Crippen LogP contribution in [0.2, 0.25) is 0 Å². The molecule has 0 spiro atoms. The average molecular weight is 479 g/mol. The maximum atomic E-state index is 13.0. The van der Waals surface area contributed by atoms with E-state index in [2.05, 4.69) is 36.5 Å². The van der Waals surface area contributed by atoms with Gasteiger partial charge < -0.3 is 15.0 Å². The van der Waals surface area contributed by atoms with E-state index in [1.165, 1.54) is 0 Å². The normalized spacial score (nSPS) is 14.7. The number of piperazine rings is 1. The van der Waals surface area contributed by atoms with Crippen LogP contribution in [0.15, 0.2) is 28.7 Å². The Hall–Kier alpha value is -2.30. The van der Waals surface area contributed by atoms with Crippen molar-refractivity contribution in [3.05, 3.63) is 40.1 Å². The number of methoxy groups -OCH3 is 1. The zero-order chi connectivity index (χ0) is 21.5. The third-order valence-electron chi connectivity index (χ3n) is 5.02. The Balaban J connectivity index is 1.53. The second-order valence-corrected chi connectivity index (χ2v) is 8.10. The summed E-state index contributed by atoms with van der Waals surface area (Å²) in [5.41, 5.74) is 1.91. The van der Waals surface area contributed by atoms with Gasteiger partial charge in [-0.25, -0.2) is 4.68 Å². The second-order valence-electron chi connectivity index (χ2n) is 7.18. The maximum Gasteiger partial charge on any atom is 0.276 e. The summed E-state index contributed by atoms with van der Waals surface area (Å²) in [7, 11) is 1.64. The molecule has 0 saturated carbocycles. The molecular weight excluding hydrogens is 452 g/mol. The predicted octanol–water partition coefficient (Wildman–Crippen LogP) is 1.25. The topological polar surface area (TPSA) is 92.6 Å². The summed E-state index contributed by atoms with van der Waals surface area (Å²) in [6.45, 7) is 5.83. The van der Waals surface area contributed by atoms with E-state index in [0.29, 0.717) is 57.3 Å². The van der Waals surface area contributed by atoms with Crippen molar-refractivity contribution in [2.75, 3.05) is 53.0 Å². The Morgan fingerprint density at radius 2 is 2.00 bits per heavy atom. The molecule has 0 unspecified atom stereocenters. The minimum atomic E-state index is -0.127. The lowest BCUT2D eigenvalue weighted by atomic mass is 10.2. The second kappa shape index (κ2) is 10.6. The van der Waals surface area contributed by atoms with Crippen molar-refractivity contribution in [3.63, 3.8) is 0 Å². The van der Waals surface area contributed by atoms with Gasteiger partial charge >= 0.3 is 0 Å². The molecule has 0 radical (unpaired) electrons. The number of ether oxygens (including phenoxy) is 1. The highest BCUT2D eigenvalue weighted by Gasteiger charge is 2.27. The van der Waals surface area contributed by atoms with Gasteiger partial charge in [0.25, 0.3) is 5.91 Å². The zero-order valence-electron chi connectivity index (χ0n) is 17.3. The van der Waals surface area contributed by atoms with Crippen molar-refractivity contribution in [1.29, 1.82) is 0 Å². The molecular formula is C20H27BrN6O3. The first kappa shape index (κ1) is 22.4. The van der Waals surface area contributed by atoms with Gasteiger partial charge in [0.15, 0.2) is 5.69 Å². The molecule has 162 valence electrons. The zero-order valence-corrected chi connectivity index (χ0v) is 18.9. The highest BCUT2D eigenvalue weighted by atomic mass is 79.9. The van der Waals surface area contributed by atoms with Crippen LogP contribution in [0.5, 0.6) is 0 Å². The lowest BCUT2D eigenvalue weighted by Crippen LogP contribution is -2.51. The molecule has 1 aromatic carbocycles. The molecule has 1 fully saturated rings. The quantitative estimate of drug-likeness (QED) is 0.573. The van der Waals surface area contributed by atoms with Crippen molar-refractivity contribution in [2.45, 2.75) is 13.3 Å². The first-order valence-electron chi connectivity index (χ1n) is 9.95. The number of hydrogen-bond acceptors (Lipinski definition) is 6. The van der Waals surface area contributed by atoms with Crippen LogP contribution in [0.1, 0.15) is 22.6 Å². The van der Waals surface area contributed by atoms with Crippen molar-refractivity contribution in [3.8, 4) is 5.69 Å². The smallest absolute Gasteiger partial charge is 0.276 e. The standard InChI is InChI=1S/C20H27BrN6O3/c1-15-19(23-24-27(15)17-6-3-5-16(21)13-17)20(29)26-10-8-25(9-11-26)14-18(28)22-7-4-12-30-2/h3,5-6,13H,4,7-12,14H2,1-2H3,(H,22,28). The third kappa shape index (κ3) is 5.65. The first-order valence-corrected chi connectivity index (χ1v) is 10.7. The van der Waals surface area contributed by atoms with Crippen molar-refractivity contribution in [2.24, 2.45) is 0 Å². The highest BCUT2D eigenvalue weighted by Crippen LogP contribution is 2.18. The van der Waals surface area contributed by atoms with Gasteiger partial charge in [0.05, 0.1) is 17.9 Å². The minimum absolute atomic E-state index is 0.00121. The van der Waals surface area contributed by atoms with E-state index < -0.39 is 0 Å². The molecule has 1 N–H and O–H groups in total. The van der Waals surface area contributed by atoms with E-state index in [0.717, 1.165) is 16.6 Å². The Morgan fingerprint density at radius 3 is 2.70 bits per heavy atom. The molecule has 0 bridgehead atoms. The predicted molar refractivity (Wildman–Crippen MR) is 116 cm³/mol. The van der Waals surface area contributed by atoms with E-state index in [9.17, 15) is 9.59 Å². The van der Waals surface area contributed by atoms with E-state index in [4.69, 9.17) is 4.74 Å². The SMILES string of the molecule is COCCCNC(=O)CN1CCN(C(=O)c2nnn(-c3cccc(Br)c3)c2C)CC1. The fourth-order valence-corrected chi connectivity index (χ4v) is 3.73. The summed E-state index contributed by atoms with van der Waals surface area (Å²) >= 11 is 3.45. The van der Waals surface area contributed by atoms with E-state index in [1.54, 1.807) is 16.7 Å². The summed E-state index contributed by atoms with van der Waals surface area (Å²) in [4.78, 5) is 28.8. The molecule has 2 heterocycles. The van der Waals surface area contributed by atoms with Crippen molar-refractivity contribution < 1.29 is 14.3 Å². The molecule has 30 heavy (non-hydrogen) atoms. The molecule has 0 aliphatic carbocycles. The van der Waals surface area contributed by atoms with Crippen LogP contribution in [0.4, 0.5) is 0 Å². The number of nitrogens with one attached hydrogen (secondary N) is 1. The summed E-state index contributed by atoms with van der Waals surface area (Å²) in [6.07, 6.45) is 0.796. The molecule has 1 aromatic heterocycles. The van der Waals surface area contributed by atoms with Gasteiger partial charge in [-0.1, -0.05) is 27.2 Å². The number of aromatic nitrogens is 3. The molecule has 2 amide bonds. The van der Waals surface area contributed by atoms with Crippen LogP contribution >= 0.6 is 15.9 Å². The monoisotopic (exact) mass is 478 g/mol. The molecule has 1 aliphatic rings. The van der Waals surface area contributed by atoms with Crippen LogP contribution in [-0.2, 0) is 9.53 Å². The molecule has 3 rings (SSSR count). The summed E-state index contributed by atoms with van der Waals surface area (Å²) in [5, 5.41) is 11.2. The molecule has 2 aromatic rings. The van der Waals surface area contributed by atoms with Gasteiger partial charge in [0.2, 0.25) is 5.91 Å².